The Hall–Kier alpha value is -2.70. The number of nitrogens with one attached hydrogen (secondary N) is 1. The molecule has 0 bridgehead atoms. The van der Waals surface area contributed by atoms with Gasteiger partial charge in [-0.15, -0.1) is 0 Å². The molecule has 2 amide bonds. The monoisotopic (exact) mass is 284 g/mol. The van der Waals surface area contributed by atoms with Crippen LogP contribution in [-0.4, -0.2) is 26.8 Å². The number of piperidine rings is 1. The Kier molecular flexibility index (Phi) is 2.38. The van der Waals surface area contributed by atoms with E-state index in [2.05, 4.69) is 15.6 Å². The van der Waals surface area contributed by atoms with Crippen LogP contribution in [0.15, 0.2) is 22.9 Å². The molecular weight excluding hydrogens is 272 g/mol. The Labute approximate surface area is 118 Å². The van der Waals surface area contributed by atoms with Crippen LogP contribution in [0.1, 0.15) is 24.5 Å². The Morgan fingerprint density at radius 3 is 3.05 bits per heavy atom. The van der Waals surface area contributed by atoms with Gasteiger partial charge in [-0.25, -0.2) is 0 Å². The number of nitrogens with zero attached hydrogens (tertiary/aromatic N) is 3. The van der Waals surface area contributed by atoms with Gasteiger partial charge in [-0.05, 0) is 18.6 Å². The number of hydrogen-bond donors (Lipinski definition) is 1. The van der Waals surface area contributed by atoms with Crippen LogP contribution in [0.3, 0.4) is 0 Å². The molecular formula is C14H12N4O3. The summed E-state index contributed by atoms with van der Waals surface area (Å²) in [5.74, 6) is -1.02. The predicted octanol–water partition coefficient (Wildman–Crippen LogP) is 1.23. The molecule has 1 saturated heterocycles. The van der Waals surface area contributed by atoms with Crippen LogP contribution in [0.2, 0.25) is 0 Å². The summed E-state index contributed by atoms with van der Waals surface area (Å²) in [4.78, 5) is 23.3. The highest BCUT2D eigenvalue weighted by molar-refractivity contribution is 6.09. The molecule has 1 aromatic carbocycles. The van der Waals surface area contributed by atoms with Gasteiger partial charge in [0.1, 0.15) is 5.69 Å². The third kappa shape index (κ3) is 1.67. The van der Waals surface area contributed by atoms with Gasteiger partial charge < -0.3 is 4.52 Å². The van der Waals surface area contributed by atoms with E-state index in [1.807, 2.05) is 19.2 Å². The minimum Gasteiger partial charge on any atom is -0.356 e. The third-order valence-corrected chi connectivity index (χ3v) is 3.96. The molecule has 1 aliphatic heterocycles. The minimum atomic E-state index is -0.463. The van der Waals surface area contributed by atoms with Crippen LogP contribution in [0, 0.1) is 0 Å². The average molecular weight is 284 g/mol. The van der Waals surface area contributed by atoms with Gasteiger partial charge in [-0.3, -0.25) is 19.6 Å². The van der Waals surface area contributed by atoms with Gasteiger partial charge in [0.2, 0.25) is 11.8 Å². The first-order chi connectivity index (χ1) is 10.1. The van der Waals surface area contributed by atoms with E-state index < -0.39 is 5.92 Å². The predicted molar refractivity (Wildman–Crippen MR) is 73.4 cm³/mol. The van der Waals surface area contributed by atoms with E-state index in [1.54, 1.807) is 10.9 Å². The van der Waals surface area contributed by atoms with Crippen molar-refractivity contribution < 1.29 is 14.1 Å². The molecule has 0 radical (unpaired) electrons. The van der Waals surface area contributed by atoms with Crippen LogP contribution in [-0.2, 0) is 16.6 Å². The van der Waals surface area contributed by atoms with E-state index in [9.17, 15) is 9.59 Å². The molecule has 0 spiro atoms. The molecule has 4 rings (SSSR count). The summed E-state index contributed by atoms with van der Waals surface area (Å²) in [7, 11) is 1.85. The van der Waals surface area contributed by atoms with E-state index in [0.29, 0.717) is 24.1 Å². The highest BCUT2D eigenvalue weighted by Gasteiger charge is 2.32. The summed E-state index contributed by atoms with van der Waals surface area (Å²) in [5.41, 5.74) is 2.14. The number of carbonyl (C=O) groups excluding carboxylic acids is 2. The van der Waals surface area contributed by atoms with E-state index in [-0.39, 0.29) is 11.8 Å². The van der Waals surface area contributed by atoms with Gasteiger partial charge in [0.15, 0.2) is 5.58 Å². The van der Waals surface area contributed by atoms with Gasteiger partial charge in [0, 0.05) is 18.9 Å². The number of fused-ring (bicyclic) bond motifs is 3. The molecule has 0 saturated carbocycles. The first-order valence-corrected chi connectivity index (χ1v) is 6.69. The lowest BCUT2D eigenvalue weighted by atomic mass is 9.92. The van der Waals surface area contributed by atoms with E-state index in [1.165, 1.54) is 0 Å². The van der Waals surface area contributed by atoms with Gasteiger partial charge in [0.05, 0.1) is 23.0 Å². The first kappa shape index (κ1) is 12.1. The highest BCUT2D eigenvalue weighted by Crippen LogP contribution is 2.34. The second-order valence-corrected chi connectivity index (χ2v) is 5.21. The number of aryl methyl sites for hydroxylation is 1. The third-order valence-electron chi connectivity index (χ3n) is 3.96. The summed E-state index contributed by atoms with van der Waals surface area (Å²) in [6.45, 7) is 0. The molecule has 1 fully saturated rings. The first-order valence-electron chi connectivity index (χ1n) is 6.69. The second kappa shape index (κ2) is 4.15. The molecule has 3 aromatic rings. The van der Waals surface area contributed by atoms with Crippen molar-refractivity contribution in [2.45, 2.75) is 18.8 Å². The maximum Gasteiger partial charge on any atom is 0.235 e. The molecule has 1 aliphatic rings. The Bertz CT molecular complexity index is 892. The molecule has 1 atom stereocenters. The molecule has 3 heterocycles. The van der Waals surface area contributed by atoms with E-state index >= 15 is 0 Å². The lowest BCUT2D eigenvalue weighted by molar-refractivity contribution is -0.134. The number of rotatable bonds is 1. The van der Waals surface area contributed by atoms with E-state index in [4.69, 9.17) is 4.52 Å². The van der Waals surface area contributed by atoms with Crippen molar-refractivity contribution in [2.24, 2.45) is 7.05 Å². The number of hydrogen-bond acceptors (Lipinski definition) is 5. The number of benzene rings is 1. The van der Waals surface area contributed by atoms with Crippen LogP contribution in [0.25, 0.3) is 21.9 Å². The molecule has 2 aromatic heterocycles. The molecule has 0 aliphatic carbocycles. The number of imide groups is 1. The Morgan fingerprint density at radius 2 is 2.24 bits per heavy atom. The molecule has 21 heavy (non-hydrogen) atoms. The highest BCUT2D eigenvalue weighted by atomic mass is 16.5. The summed E-state index contributed by atoms with van der Waals surface area (Å²) in [6, 6.07) is 3.73. The lowest BCUT2D eigenvalue weighted by Gasteiger charge is -2.18. The van der Waals surface area contributed by atoms with Crippen molar-refractivity contribution in [3.8, 4) is 0 Å². The molecule has 7 heteroatoms. The van der Waals surface area contributed by atoms with Crippen molar-refractivity contribution >= 4 is 33.7 Å². The lowest BCUT2D eigenvalue weighted by Crippen LogP contribution is -2.39. The van der Waals surface area contributed by atoms with Gasteiger partial charge >= 0.3 is 0 Å². The van der Waals surface area contributed by atoms with Crippen LogP contribution in [0.5, 0.6) is 0 Å². The quantitative estimate of drug-likeness (QED) is 0.679. The van der Waals surface area contributed by atoms with E-state index in [0.717, 1.165) is 16.3 Å². The Morgan fingerprint density at radius 1 is 1.38 bits per heavy atom. The molecule has 7 nitrogen and oxygen atoms in total. The minimum absolute atomic E-state index is 0.240. The second-order valence-electron chi connectivity index (χ2n) is 5.21. The van der Waals surface area contributed by atoms with Crippen molar-refractivity contribution in [3.05, 3.63) is 24.0 Å². The van der Waals surface area contributed by atoms with Gasteiger partial charge in [-0.1, -0.05) is 5.16 Å². The van der Waals surface area contributed by atoms with Crippen LogP contribution in [0.4, 0.5) is 0 Å². The summed E-state index contributed by atoms with van der Waals surface area (Å²) in [5, 5.41) is 12.4. The SMILES string of the molecule is Cn1ncc2c3c([C@H]4CCC(=O)NC4=O)noc3ccc21. The summed E-state index contributed by atoms with van der Waals surface area (Å²) < 4.78 is 7.10. The standard InChI is InChI=1S/C14H12N4O3/c1-18-9-3-4-10-12(8(9)6-15-18)13(17-21-10)7-2-5-11(19)16-14(7)20/h3-4,6-7H,2,5H2,1H3,(H,16,19,20)/t7-/m1/s1. The summed E-state index contributed by atoms with van der Waals surface area (Å²) in [6.07, 6.45) is 2.50. The molecule has 106 valence electrons. The zero-order valence-corrected chi connectivity index (χ0v) is 11.3. The van der Waals surface area contributed by atoms with Gasteiger partial charge in [-0.2, -0.15) is 5.10 Å². The van der Waals surface area contributed by atoms with Crippen LogP contribution >= 0.6 is 0 Å². The van der Waals surface area contributed by atoms with Crippen LogP contribution < -0.4 is 5.32 Å². The molecule has 0 unspecified atom stereocenters. The maximum absolute atomic E-state index is 12.1. The fourth-order valence-electron chi connectivity index (χ4n) is 2.88. The zero-order chi connectivity index (χ0) is 14.6. The molecule has 1 N–H and O–H groups in total. The topological polar surface area (TPSA) is 90.0 Å². The number of amides is 2. The van der Waals surface area contributed by atoms with Gasteiger partial charge in [0.25, 0.3) is 0 Å². The van der Waals surface area contributed by atoms with Crippen molar-refractivity contribution in [2.75, 3.05) is 0 Å². The van der Waals surface area contributed by atoms with Crippen molar-refractivity contribution in [1.82, 2.24) is 20.3 Å². The largest absolute Gasteiger partial charge is 0.356 e. The smallest absolute Gasteiger partial charge is 0.235 e. The Balaban J connectivity index is 1.95. The number of carbonyl (C=O) groups is 2. The maximum atomic E-state index is 12.1. The van der Waals surface area contributed by atoms with Crippen molar-refractivity contribution in [1.29, 1.82) is 0 Å². The number of aromatic nitrogens is 3. The normalized spacial score (nSPS) is 19.4. The fraction of sp³-hybridized carbons (Fsp3) is 0.286. The average Bonchev–Trinajstić information content (AvgIpc) is 3.03. The van der Waals surface area contributed by atoms with Crippen molar-refractivity contribution in [3.63, 3.8) is 0 Å². The zero-order valence-electron chi connectivity index (χ0n) is 11.3. The fourth-order valence-corrected chi connectivity index (χ4v) is 2.88. The summed E-state index contributed by atoms with van der Waals surface area (Å²) >= 11 is 0.